The van der Waals surface area contributed by atoms with Crippen LogP contribution in [0.15, 0.2) is 158 Å². The van der Waals surface area contributed by atoms with Crippen LogP contribution in [-0.4, -0.2) is 37.2 Å². The van der Waals surface area contributed by atoms with Crippen molar-refractivity contribution in [2.45, 2.75) is 277 Å². The standard InChI is InChI=1S/C74H118O6/c1-4-7-10-13-16-19-22-25-28-30-31-32-33-34-35-36-37-38-39-40-41-42-43-45-46-49-52-55-58-61-64-67-73(76)79-70-71(69-78-72(75)66-63-60-57-54-51-48-27-24-21-18-15-12-9-6-3)80-74(77)68-65-62-59-56-53-50-47-44-29-26-23-20-17-14-11-8-5-2/h7-8,10-11,15-20,24-29,31-32,34-35,37-38,40-41,43,45,71H,4-6,9,12-14,21-23,30,33,36,39,42,44,46-70H2,1-3H3/b10-7-,11-8-,18-15-,19-16-,20-17-,27-24-,28-25-,29-26-,32-31-,35-34-,38-37-,41-40-,45-43-. The van der Waals surface area contributed by atoms with Gasteiger partial charge in [0, 0.05) is 19.3 Å². The first kappa shape index (κ1) is 75.0. The van der Waals surface area contributed by atoms with Crippen LogP contribution in [0.25, 0.3) is 0 Å². The van der Waals surface area contributed by atoms with Gasteiger partial charge in [-0.25, -0.2) is 0 Å². The van der Waals surface area contributed by atoms with Crippen LogP contribution in [-0.2, 0) is 28.6 Å². The smallest absolute Gasteiger partial charge is 0.306 e. The maximum Gasteiger partial charge on any atom is 0.306 e. The van der Waals surface area contributed by atoms with Crippen LogP contribution in [0, 0.1) is 0 Å². The van der Waals surface area contributed by atoms with Gasteiger partial charge in [0.15, 0.2) is 6.10 Å². The van der Waals surface area contributed by atoms with Crippen molar-refractivity contribution < 1.29 is 28.6 Å². The third-order valence-corrected chi connectivity index (χ3v) is 13.2. The molecule has 0 spiro atoms. The van der Waals surface area contributed by atoms with Crippen molar-refractivity contribution >= 4 is 17.9 Å². The van der Waals surface area contributed by atoms with Gasteiger partial charge in [-0.15, -0.1) is 0 Å². The Labute approximate surface area is 492 Å². The minimum absolute atomic E-state index is 0.0997. The van der Waals surface area contributed by atoms with Crippen molar-refractivity contribution in [1.29, 1.82) is 0 Å². The highest BCUT2D eigenvalue weighted by Gasteiger charge is 2.19. The van der Waals surface area contributed by atoms with Crippen LogP contribution in [0.2, 0.25) is 0 Å². The van der Waals surface area contributed by atoms with Gasteiger partial charge >= 0.3 is 17.9 Å². The minimum Gasteiger partial charge on any atom is -0.462 e. The SMILES string of the molecule is CC/C=C\C/C=C\C/C=C\C/C=C\C/C=C\C/C=C\C/C=C\C/C=C\CCCCCCCCC(=O)OCC(COC(=O)CCCCCCC/C=C\C/C=C\CCCC)OC(=O)CCCCCCCCC/C=C\C/C=C\C/C=C\CC. The summed E-state index contributed by atoms with van der Waals surface area (Å²) in [5, 5.41) is 0. The molecule has 0 amide bonds. The van der Waals surface area contributed by atoms with Crippen LogP contribution in [0.4, 0.5) is 0 Å². The van der Waals surface area contributed by atoms with Gasteiger partial charge in [-0.3, -0.25) is 14.4 Å². The normalized spacial score (nSPS) is 13.2. The molecule has 0 aliphatic carbocycles. The molecule has 6 heteroatoms. The summed E-state index contributed by atoms with van der Waals surface area (Å²) in [6.07, 6.45) is 96.7. The zero-order valence-corrected chi connectivity index (χ0v) is 51.5. The van der Waals surface area contributed by atoms with Gasteiger partial charge in [0.05, 0.1) is 0 Å². The van der Waals surface area contributed by atoms with Crippen LogP contribution >= 0.6 is 0 Å². The molecule has 0 aromatic carbocycles. The molecule has 0 aromatic rings. The van der Waals surface area contributed by atoms with Crippen molar-refractivity contribution in [1.82, 2.24) is 0 Å². The van der Waals surface area contributed by atoms with E-state index in [2.05, 4.69) is 179 Å². The maximum absolute atomic E-state index is 12.9. The zero-order chi connectivity index (χ0) is 57.8. The quantitative estimate of drug-likeness (QED) is 0.0261. The Bertz CT molecular complexity index is 1790. The highest BCUT2D eigenvalue weighted by atomic mass is 16.6. The van der Waals surface area contributed by atoms with Crippen LogP contribution in [0.5, 0.6) is 0 Å². The van der Waals surface area contributed by atoms with Crippen molar-refractivity contribution in [2.75, 3.05) is 13.2 Å². The molecular formula is C74H118O6. The first-order valence-electron chi connectivity index (χ1n) is 32.5. The number of allylic oxidation sites excluding steroid dienone is 26. The van der Waals surface area contributed by atoms with Gasteiger partial charge in [-0.2, -0.15) is 0 Å². The number of ether oxygens (including phenoxy) is 3. The van der Waals surface area contributed by atoms with Crippen LogP contribution in [0.1, 0.15) is 271 Å². The topological polar surface area (TPSA) is 78.9 Å². The summed E-state index contributed by atoms with van der Waals surface area (Å²) >= 11 is 0. The number of carbonyl (C=O) groups is 3. The van der Waals surface area contributed by atoms with Gasteiger partial charge < -0.3 is 14.2 Å². The van der Waals surface area contributed by atoms with E-state index in [-0.39, 0.29) is 31.1 Å². The summed E-state index contributed by atoms with van der Waals surface area (Å²) in [5.74, 6) is -0.939. The van der Waals surface area contributed by atoms with Gasteiger partial charge in [0.25, 0.3) is 0 Å². The molecule has 0 fully saturated rings. The lowest BCUT2D eigenvalue weighted by Crippen LogP contribution is -2.30. The summed E-state index contributed by atoms with van der Waals surface area (Å²) in [6.45, 7) is 6.34. The molecule has 0 heterocycles. The Morgan fingerprint density at radius 2 is 0.487 bits per heavy atom. The summed E-state index contributed by atoms with van der Waals surface area (Å²) in [4.78, 5) is 38.3. The molecule has 6 nitrogen and oxygen atoms in total. The minimum atomic E-state index is -0.804. The Morgan fingerprint density at radius 3 is 0.762 bits per heavy atom. The number of carbonyl (C=O) groups excluding carboxylic acids is 3. The summed E-state index contributed by atoms with van der Waals surface area (Å²) in [6, 6.07) is 0. The monoisotopic (exact) mass is 1100 g/mol. The van der Waals surface area contributed by atoms with E-state index >= 15 is 0 Å². The average molecular weight is 1100 g/mol. The molecule has 1 atom stereocenters. The second-order valence-electron chi connectivity index (χ2n) is 20.9. The van der Waals surface area contributed by atoms with E-state index in [9.17, 15) is 14.4 Å². The lowest BCUT2D eigenvalue weighted by atomic mass is 10.1. The lowest BCUT2D eigenvalue weighted by Gasteiger charge is -2.18. The predicted molar refractivity (Wildman–Crippen MR) is 348 cm³/mol. The molecule has 0 aliphatic rings. The molecule has 0 saturated heterocycles. The number of esters is 3. The Morgan fingerprint density at radius 1 is 0.263 bits per heavy atom. The number of hydrogen-bond donors (Lipinski definition) is 0. The molecule has 0 rings (SSSR count). The van der Waals surface area contributed by atoms with E-state index < -0.39 is 6.10 Å². The second kappa shape index (κ2) is 66.5. The van der Waals surface area contributed by atoms with E-state index in [1.165, 1.54) is 57.8 Å². The molecule has 0 aromatic heterocycles. The fourth-order valence-electron chi connectivity index (χ4n) is 8.43. The Hall–Kier alpha value is -4.97. The first-order chi connectivity index (χ1) is 39.5. The van der Waals surface area contributed by atoms with Gasteiger partial charge in [0.1, 0.15) is 13.2 Å². The van der Waals surface area contributed by atoms with Crippen molar-refractivity contribution in [3.05, 3.63) is 158 Å². The van der Waals surface area contributed by atoms with E-state index in [1.54, 1.807) is 0 Å². The highest BCUT2D eigenvalue weighted by molar-refractivity contribution is 5.71. The number of rotatable bonds is 57. The van der Waals surface area contributed by atoms with Crippen LogP contribution < -0.4 is 0 Å². The average Bonchev–Trinajstić information content (AvgIpc) is 3.46. The molecule has 1 unspecified atom stereocenters. The van der Waals surface area contributed by atoms with Crippen molar-refractivity contribution in [3.8, 4) is 0 Å². The van der Waals surface area contributed by atoms with Crippen molar-refractivity contribution in [3.63, 3.8) is 0 Å². The molecular weight excluding hydrogens is 985 g/mol. The van der Waals surface area contributed by atoms with Gasteiger partial charge in [0.2, 0.25) is 0 Å². The van der Waals surface area contributed by atoms with Crippen LogP contribution in [0.3, 0.4) is 0 Å². The summed E-state index contributed by atoms with van der Waals surface area (Å²) in [5.41, 5.74) is 0. The molecule has 0 radical (unpaired) electrons. The van der Waals surface area contributed by atoms with Crippen molar-refractivity contribution in [2.24, 2.45) is 0 Å². The number of unbranched alkanes of at least 4 members (excludes halogenated alkanes) is 20. The first-order valence-corrected chi connectivity index (χ1v) is 32.5. The predicted octanol–water partition coefficient (Wildman–Crippen LogP) is 22.5. The summed E-state index contributed by atoms with van der Waals surface area (Å²) < 4.78 is 16.9. The Kier molecular flexibility index (Phi) is 62.4. The van der Waals surface area contributed by atoms with E-state index in [4.69, 9.17) is 14.2 Å². The largest absolute Gasteiger partial charge is 0.462 e. The fourth-order valence-corrected chi connectivity index (χ4v) is 8.43. The molecule has 0 bridgehead atoms. The molecule has 0 saturated carbocycles. The lowest BCUT2D eigenvalue weighted by molar-refractivity contribution is -0.167. The zero-order valence-electron chi connectivity index (χ0n) is 51.5. The highest BCUT2D eigenvalue weighted by Crippen LogP contribution is 2.14. The van der Waals surface area contributed by atoms with Gasteiger partial charge in [-0.05, 0) is 141 Å². The molecule has 0 aliphatic heterocycles. The number of hydrogen-bond acceptors (Lipinski definition) is 6. The maximum atomic E-state index is 12.9. The fraction of sp³-hybridized carbons (Fsp3) is 0.608. The van der Waals surface area contributed by atoms with Gasteiger partial charge in [-0.1, -0.05) is 269 Å². The molecule has 450 valence electrons. The summed E-state index contributed by atoms with van der Waals surface area (Å²) in [7, 11) is 0. The third kappa shape index (κ3) is 63.9. The van der Waals surface area contributed by atoms with E-state index in [1.807, 2.05) is 0 Å². The molecule has 0 N–H and O–H groups in total. The Balaban J connectivity index is 4.38. The molecule has 80 heavy (non-hydrogen) atoms. The van der Waals surface area contributed by atoms with E-state index in [0.29, 0.717) is 19.3 Å². The van der Waals surface area contributed by atoms with E-state index in [0.717, 1.165) is 173 Å². The third-order valence-electron chi connectivity index (χ3n) is 13.2. The second-order valence-corrected chi connectivity index (χ2v) is 20.9.